The molecule has 0 unspecified atom stereocenters. The van der Waals surface area contributed by atoms with Gasteiger partial charge < -0.3 is 5.32 Å². The van der Waals surface area contributed by atoms with Gasteiger partial charge in [-0.2, -0.15) is 15.6 Å². The highest BCUT2D eigenvalue weighted by Crippen LogP contribution is 2.30. The Morgan fingerprint density at radius 3 is 2.58 bits per heavy atom. The number of anilines is 2. The Bertz CT molecular complexity index is 588. The standard InChI is InChI=1S/C13H11N5O/c14-7-12(8-15)18-17-11-3-1-2-10(6-11)16-13(19)9-4-5-9/h1-3,6,9,17H,4-5H2,(H,16,19). The molecule has 1 fully saturated rings. The van der Waals surface area contributed by atoms with Crippen LogP contribution in [0.4, 0.5) is 11.4 Å². The Labute approximate surface area is 110 Å². The zero-order chi connectivity index (χ0) is 13.7. The maximum atomic E-state index is 11.6. The van der Waals surface area contributed by atoms with Gasteiger partial charge in [0.2, 0.25) is 11.6 Å². The van der Waals surface area contributed by atoms with Crippen molar-refractivity contribution >= 4 is 23.0 Å². The van der Waals surface area contributed by atoms with E-state index in [1.807, 2.05) is 0 Å². The van der Waals surface area contributed by atoms with Gasteiger partial charge in [0.05, 0.1) is 5.69 Å². The summed E-state index contributed by atoms with van der Waals surface area (Å²) in [6.07, 6.45) is 1.89. The van der Waals surface area contributed by atoms with Crippen LogP contribution in [0.5, 0.6) is 0 Å². The normalized spacial score (nSPS) is 12.7. The average Bonchev–Trinajstić information content (AvgIpc) is 3.25. The van der Waals surface area contributed by atoms with Gasteiger partial charge in [-0.05, 0) is 31.0 Å². The third-order valence-corrected chi connectivity index (χ3v) is 2.59. The number of nitriles is 2. The molecule has 0 atom stereocenters. The lowest BCUT2D eigenvalue weighted by molar-refractivity contribution is -0.117. The summed E-state index contributed by atoms with van der Waals surface area (Å²) in [5.41, 5.74) is 3.59. The van der Waals surface area contributed by atoms with Crippen molar-refractivity contribution in [2.24, 2.45) is 11.0 Å². The highest BCUT2D eigenvalue weighted by Gasteiger charge is 2.29. The minimum atomic E-state index is -0.257. The van der Waals surface area contributed by atoms with Crippen molar-refractivity contribution < 1.29 is 4.79 Å². The van der Waals surface area contributed by atoms with E-state index in [0.717, 1.165) is 12.8 Å². The molecule has 2 rings (SSSR count). The highest BCUT2D eigenvalue weighted by molar-refractivity contribution is 6.10. The number of hydrazone groups is 1. The van der Waals surface area contributed by atoms with Gasteiger partial charge in [-0.3, -0.25) is 10.2 Å². The zero-order valence-corrected chi connectivity index (χ0v) is 10.1. The van der Waals surface area contributed by atoms with Crippen LogP contribution in [-0.2, 0) is 4.79 Å². The largest absolute Gasteiger partial charge is 0.326 e. The first kappa shape index (κ1) is 12.6. The Balaban J connectivity index is 2.03. The lowest BCUT2D eigenvalue weighted by Gasteiger charge is -2.06. The smallest absolute Gasteiger partial charge is 0.237 e. The lowest BCUT2D eigenvalue weighted by Crippen LogP contribution is -2.13. The van der Waals surface area contributed by atoms with Crippen LogP contribution in [-0.4, -0.2) is 11.6 Å². The fourth-order valence-electron chi connectivity index (χ4n) is 1.45. The fraction of sp³-hybridized carbons (Fsp3) is 0.231. The molecule has 1 amide bonds. The summed E-state index contributed by atoms with van der Waals surface area (Å²) in [6, 6.07) is 10.2. The minimum absolute atomic E-state index is 0.0235. The van der Waals surface area contributed by atoms with Crippen molar-refractivity contribution in [2.45, 2.75) is 12.8 Å². The van der Waals surface area contributed by atoms with Crippen molar-refractivity contribution in [3.63, 3.8) is 0 Å². The molecule has 6 heteroatoms. The second kappa shape index (κ2) is 5.65. The summed E-state index contributed by atoms with van der Waals surface area (Å²) in [5.74, 6) is 0.161. The van der Waals surface area contributed by atoms with Gasteiger partial charge >= 0.3 is 0 Å². The van der Waals surface area contributed by atoms with Crippen LogP contribution in [0, 0.1) is 28.6 Å². The number of benzene rings is 1. The summed E-state index contributed by atoms with van der Waals surface area (Å²) in [5, 5.41) is 23.5. The zero-order valence-electron chi connectivity index (χ0n) is 10.1. The van der Waals surface area contributed by atoms with Gasteiger partial charge in [0, 0.05) is 11.6 Å². The number of nitrogens with one attached hydrogen (secondary N) is 2. The van der Waals surface area contributed by atoms with E-state index in [2.05, 4.69) is 15.8 Å². The molecular formula is C13H11N5O. The maximum Gasteiger partial charge on any atom is 0.237 e. The number of carbonyl (C=O) groups excluding carboxylic acids is 1. The van der Waals surface area contributed by atoms with Gasteiger partial charge in [-0.25, -0.2) is 0 Å². The molecule has 0 bridgehead atoms. The van der Waals surface area contributed by atoms with Crippen LogP contribution in [0.1, 0.15) is 12.8 Å². The number of hydrogen-bond acceptors (Lipinski definition) is 5. The Kier molecular flexibility index (Phi) is 3.75. The highest BCUT2D eigenvalue weighted by atomic mass is 16.2. The second-order valence-electron chi connectivity index (χ2n) is 4.14. The van der Waals surface area contributed by atoms with E-state index in [0.29, 0.717) is 11.4 Å². The second-order valence-corrected chi connectivity index (χ2v) is 4.14. The Hall–Kier alpha value is -2.86. The predicted molar refractivity (Wildman–Crippen MR) is 70.1 cm³/mol. The van der Waals surface area contributed by atoms with E-state index in [1.165, 1.54) is 0 Å². The van der Waals surface area contributed by atoms with Crippen molar-refractivity contribution in [1.82, 2.24) is 0 Å². The van der Waals surface area contributed by atoms with Crippen molar-refractivity contribution in [2.75, 3.05) is 10.7 Å². The number of rotatable bonds is 4. The number of carbonyl (C=O) groups is 1. The third kappa shape index (κ3) is 3.55. The molecule has 1 aromatic rings. The molecule has 1 aliphatic carbocycles. The van der Waals surface area contributed by atoms with Crippen LogP contribution in [0.15, 0.2) is 29.4 Å². The van der Waals surface area contributed by atoms with Crippen LogP contribution in [0.25, 0.3) is 0 Å². The number of amides is 1. The molecule has 0 aromatic heterocycles. The molecule has 94 valence electrons. The molecule has 0 heterocycles. The molecule has 6 nitrogen and oxygen atoms in total. The molecule has 0 radical (unpaired) electrons. The Morgan fingerprint density at radius 2 is 1.95 bits per heavy atom. The fourth-order valence-corrected chi connectivity index (χ4v) is 1.45. The third-order valence-electron chi connectivity index (χ3n) is 2.59. The lowest BCUT2D eigenvalue weighted by atomic mass is 10.2. The molecule has 1 saturated carbocycles. The summed E-state index contributed by atoms with van der Waals surface area (Å²) >= 11 is 0. The molecule has 19 heavy (non-hydrogen) atoms. The first-order valence-corrected chi connectivity index (χ1v) is 5.78. The first-order valence-electron chi connectivity index (χ1n) is 5.78. The van der Waals surface area contributed by atoms with Crippen LogP contribution >= 0.6 is 0 Å². The molecule has 0 spiro atoms. The summed E-state index contributed by atoms with van der Waals surface area (Å²) in [4.78, 5) is 11.6. The SMILES string of the molecule is N#CC(C#N)=NNc1cccc(NC(=O)C2CC2)c1. The minimum Gasteiger partial charge on any atom is -0.326 e. The maximum absolute atomic E-state index is 11.6. The molecule has 0 aliphatic heterocycles. The van der Waals surface area contributed by atoms with E-state index in [9.17, 15) is 4.79 Å². The first-order chi connectivity index (χ1) is 9.22. The van der Waals surface area contributed by atoms with Crippen LogP contribution in [0.2, 0.25) is 0 Å². The van der Waals surface area contributed by atoms with Crippen LogP contribution in [0.3, 0.4) is 0 Å². The van der Waals surface area contributed by atoms with Gasteiger partial charge in [0.1, 0.15) is 12.1 Å². The summed E-state index contributed by atoms with van der Waals surface area (Å²) in [7, 11) is 0. The van der Waals surface area contributed by atoms with Crippen molar-refractivity contribution in [3.8, 4) is 12.1 Å². The van der Waals surface area contributed by atoms with Crippen LogP contribution < -0.4 is 10.7 Å². The van der Waals surface area contributed by atoms with E-state index < -0.39 is 0 Å². The summed E-state index contributed by atoms with van der Waals surface area (Å²) in [6.45, 7) is 0. The Morgan fingerprint density at radius 1 is 1.26 bits per heavy atom. The molecular weight excluding hydrogens is 242 g/mol. The van der Waals surface area contributed by atoms with Crippen molar-refractivity contribution in [3.05, 3.63) is 24.3 Å². The predicted octanol–water partition coefficient (Wildman–Crippen LogP) is 1.85. The van der Waals surface area contributed by atoms with Gasteiger partial charge in [-0.15, -0.1) is 0 Å². The molecule has 2 N–H and O–H groups in total. The topological polar surface area (TPSA) is 101 Å². The average molecular weight is 253 g/mol. The van der Waals surface area contributed by atoms with E-state index >= 15 is 0 Å². The molecule has 0 saturated heterocycles. The molecule has 1 aromatic carbocycles. The van der Waals surface area contributed by atoms with Gasteiger partial charge in [-0.1, -0.05) is 6.07 Å². The number of nitrogens with zero attached hydrogens (tertiary/aromatic N) is 3. The number of hydrogen-bond donors (Lipinski definition) is 2. The van der Waals surface area contributed by atoms with E-state index in [1.54, 1.807) is 36.4 Å². The van der Waals surface area contributed by atoms with E-state index in [-0.39, 0.29) is 17.5 Å². The van der Waals surface area contributed by atoms with Gasteiger partial charge in [0.25, 0.3) is 0 Å². The van der Waals surface area contributed by atoms with Gasteiger partial charge in [0.15, 0.2) is 0 Å². The summed E-state index contributed by atoms with van der Waals surface area (Å²) < 4.78 is 0. The monoisotopic (exact) mass is 253 g/mol. The van der Waals surface area contributed by atoms with Crippen molar-refractivity contribution in [1.29, 1.82) is 10.5 Å². The quantitative estimate of drug-likeness (QED) is 0.631. The molecule has 1 aliphatic rings. The van der Waals surface area contributed by atoms with E-state index in [4.69, 9.17) is 10.5 Å².